The number of carbonyl (C=O) groups excluding carboxylic acids is 1. The summed E-state index contributed by atoms with van der Waals surface area (Å²) in [4.78, 5) is 17.9. The molecular weight excluding hydrogens is 352 g/mol. The molecule has 1 amide bonds. The number of rotatable bonds is 4. The van der Waals surface area contributed by atoms with E-state index in [1.165, 1.54) is 16.9 Å². The van der Waals surface area contributed by atoms with Gasteiger partial charge in [0.15, 0.2) is 4.96 Å². The second-order valence-electron chi connectivity index (χ2n) is 4.51. The van der Waals surface area contributed by atoms with Gasteiger partial charge < -0.3 is 10.6 Å². The lowest BCUT2D eigenvalue weighted by atomic mass is 10.2. The van der Waals surface area contributed by atoms with Crippen molar-refractivity contribution in [1.82, 2.24) is 14.7 Å². The zero-order valence-corrected chi connectivity index (χ0v) is 13.7. The van der Waals surface area contributed by atoms with Gasteiger partial charge in [0, 0.05) is 18.4 Å². The van der Waals surface area contributed by atoms with E-state index in [9.17, 15) is 4.79 Å². The first kappa shape index (κ1) is 14.2. The molecule has 0 saturated heterocycles. The molecule has 0 aliphatic carbocycles. The summed E-state index contributed by atoms with van der Waals surface area (Å²) in [6.45, 7) is 0.810. The summed E-state index contributed by atoms with van der Waals surface area (Å²) < 4.78 is 2.68. The summed E-state index contributed by atoms with van der Waals surface area (Å²) in [5.41, 5.74) is 1.96. The SMILES string of the molecule is CNCc1ccc(NC(=O)c2cn3c(Br)cnc3s2)cc1. The van der Waals surface area contributed by atoms with E-state index in [1.807, 2.05) is 35.7 Å². The van der Waals surface area contributed by atoms with Crippen LogP contribution in [0.1, 0.15) is 15.2 Å². The molecule has 2 aromatic heterocycles. The molecule has 1 aromatic carbocycles. The monoisotopic (exact) mass is 364 g/mol. The van der Waals surface area contributed by atoms with Crippen LogP contribution in [0, 0.1) is 0 Å². The van der Waals surface area contributed by atoms with Crippen LogP contribution in [0.4, 0.5) is 5.69 Å². The van der Waals surface area contributed by atoms with Crippen LogP contribution in [0.3, 0.4) is 0 Å². The molecule has 5 nitrogen and oxygen atoms in total. The van der Waals surface area contributed by atoms with Gasteiger partial charge in [-0.05, 0) is 40.7 Å². The zero-order chi connectivity index (χ0) is 14.8. The number of nitrogens with one attached hydrogen (secondary N) is 2. The summed E-state index contributed by atoms with van der Waals surface area (Å²) in [6.07, 6.45) is 3.50. The third-order valence-electron chi connectivity index (χ3n) is 2.98. The van der Waals surface area contributed by atoms with Crippen molar-refractivity contribution in [3.8, 4) is 0 Å². The van der Waals surface area contributed by atoms with Crippen molar-refractivity contribution in [1.29, 1.82) is 0 Å². The number of amides is 1. The number of benzene rings is 1. The highest BCUT2D eigenvalue weighted by Gasteiger charge is 2.13. The summed E-state index contributed by atoms with van der Waals surface area (Å²) in [5.74, 6) is -0.126. The van der Waals surface area contributed by atoms with E-state index < -0.39 is 0 Å². The van der Waals surface area contributed by atoms with Crippen LogP contribution in [0.5, 0.6) is 0 Å². The third-order valence-corrected chi connectivity index (χ3v) is 4.56. The number of nitrogens with zero attached hydrogens (tertiary/aromatic N) is 2. The van der Waals surface area contributed by atoms with E-state index in [1.54, 1.807) is 12.4 Å². The fraction of sp³-hybridized carbons (Fsp3) is 0.143. The van der Waals surface area contributed by atoms with E-state index in [2.05, 4.69) is 31.5 Å². The molecule has 0 radical (unpaired) electrons. The number of hydrogen-bond donors (Lipinski definition) is 2. The van der Waals surface area contributed by atoms with E-state index in [0.717, 1.165) is 21.8 Å². The van der Waals surface area contributed by atoms with Gasteiger partial charge in [-0.3, -0.25) is 9.20 Å². The third kappa shape index (κ3) is 2.99. The van der Waals surface area contributed by atoms with E-state index in [-0.39, 0.29) is 5.91 Å². The summed E-state index contributed by atoms with van der Waals surface area (Å²) in [5, 5.41) is 5.98. The Morgan fingerprint density at radius 1 is 1.38 bits per heavy atom. The number of thiazole rings is 1. The average Bonchev–Trinajstić information content (AvgIpc) is 3.04. The molecule has 21 heavy (non-hydrogen) atoms. The smallest absolute Gasteiger partial charge is 0.267 e. The lowest BCUT2D eigenvalue weighted by Crippen LogP contribution is -2.10. The Balaban J connectivity index is 1.75. The van der Waals surface area contributed by atoms with Gasteiger partial charge in [0.1, 0.15) is 9.48 Å². The second kappa shape index (κ2) is 5.97. The van der Waals surface area contributed by atoms with Crippen LogP contribution < -0.4 is 10.6 Å². The molecule has 0 spiro atoms. The van der Waals surface area contributed by atoms with Crippen molar-refractivity contribution in [2.24, 2.45) is 0 Å². The Labute approximate surface area is 134 Å². The summed E-state index contributed by atoms with van der Waals surface area (Å²) in [6, 6.07) is 7.78. The molecule has 0 aliphatic rings. The van der Waals surface area contributed by atoms with Crippen LogP contribution in [0.25, 0.3) is 4.96 Å². The minimum atomic E-state index is -0.126. The van der Waals surface area contributed by atoms with E-state index in [4.69, 9.17) is 0 Å². The first-order valence-electron chi connectivity index (χ1n) is 6.34. The zero-order valence-electron chi connectivity index (χ0n) is 11.3. The normalized spacial score (nSPS) is 11.0. The van der Waals surface area contributed by atoms with Crippen molar-refractivity contribution in [2.75, 3.05) is 12.4 Å². The van der Waals surface area contributed by atoms with Crippen LogP contribution in [0.15, 0.2) is 41.3 Å². The second-order valence-corrected chi connectivity index (χ2v) is 6.33. The van der Waals surface area contributed by atoms with Gasteiger partial charge in [-0.15, -0.1) is 0 Å². The number of imidazole rings is 1. The van der Waals surface area contributed by atoms with Crippen LogP contribution >= 0.6 is 27.3 Å². The van der Waals surface area contributed by atoms with Crippen molar-refractivity contribution >= 4 is 43.8 Å². The van der Waals surface area contributed by atoms with Gasteiger partial charge in [-0.1, -0.05) is 23.5 Å². The van der Waals surface area contributed by atoms with Crippen molar-refractivity contribution in [3.63, 3.8) is 0 Å². The summed E-state index contributed by atoms with van der Waals surface area (Å²) >= 11 is 4.74. The van der Waals surface area contributed by atoms with Crippen LogP contribution in [-0.4, -0.2) is 22.3 Å². The topological polar surface area (TPSA) is 58.4 Å². The average molecular weight is 365 g/mol. The van der Waals surface area contributed by atoms with Crippen molar-refractivity contribution in [2.45, 2.75) is 6.54 Å². The first-order valence-corrected chi connectivity index (χ1v) is 7.95. The minimum absolute atomic E-state index is 0.126. The summed E-state index contributed by atoms with van der Waals surface area (Å²) in [7, 11) is 1.90. The molecule has 0 bridgehead atoms. The molecule has 7 heteroatoms. The first-order chi connectivity index (χ1) is 10.2. The van der Waals surface area contributed by atoms with Gasteiger partial charge in [-0.2, -0.15) is 0 Å². The molecule has 0 unspecified atom stereocenters. The van der Waals surface area contributed by atoms with Crippen molar-refractivity contribution in [3.05, 3.63) is 51.7 Å². The molecule has 108 valence electrons. The molecule has 3 aromatic rings. The number of anilines is 1. The molecule has 0 aliphatic heterocycles. The van der Waals surface area contributed by atoms with Crippen molar-refractivity contribution < 1.29 is 4.79 Å². The predicted octanol–water partition coefficient (Wildman–Crippen LogP) is 3.13. The van der Waals surface area contributed by atoms with E-state index in [0.29, 0.717) is 4.88 Å². The van der Waals surface area contributed by atoms with Gasteiger partial charge >= 0.3 is 0 Å². The Morgan fingerprint density at radius 2 is 2.14 bits per heavy atom. The predicted molar refractivity (Wildman–Crippen MR) is 87.9 cm³/mol. The lowest BCUT2D eigenvalue weighted by Gasteiger charge is -2.05. The molecule has 2 N–H and O–H groups in total. The highest BCUT2D eigenvalue weighted by molar-refractivity contribution is 9.10. The fourth-order valence-electron chi connectivity index (χ4n) is 1.97. The molecule has 0 atom stereocenters. The number of aromatic nitrogens is 2. The fourth-order valence-corrected chi connectivity index (χ4v) is 3.31. The largest absolute Gasteiger partial charge is 0.321 e. The Bertz CT molecular complexity index is 778. The van der Waals surface area contributed by atoms with Gasteiger partial charge in [-0.25, -0.2) is 4.98 Å². The van der Waals surface area contributed by atoms with Gasteiger partial charge in [0.25, 0.3) is 5.91 Å². The molecule has 0 saturated carbocycles. The highest BCUT2D eigenvalue weighted by atomic mass is 79.9. The van der Waals surface area contributed by atoms with Crippen LogP contribution in [-0.2, 0) is 6.54 Å². The lowest BCUT2D eigenvalue weighted by molar-refractivity contribution is 0.103. The Hall–Kier alpha value is -1.70. The molecule has 0 fully saturated rings. The maximum atomic E-state index is 12.2. The quantitative estimate of drug-likeness (QED) is 0.747. The number of hydrogen-bond acceptors (Lipinski definition) is 4. The van der Waals surface area contributed by atoms with E-state index >= 15 is 0 Å². The molecule has 3 rings (SSSR count). The maximum Gasteiger partial charge on any atom is 0.267 e. The maximum absolute atomic E-state index is 12.2. The van der Waals surface area contributed by atoms with Gasteiger partial charge in [0.2, 0.25) is 0 Å². The number of carbonyl (C=O) groups is 1. The Kier molecular flexibility index (Phi) is 4.05. The molecule has 2 heterocycles. The van der Waals surface area contributed by atoms with Gasteiger partial charge in [0.05, 0.1) is 6.20 Å². The highest BCUT2D eigenvalue weighted by Crippen LogP contribution is 2.22. The minimum Gasteiger partial charge on any atom is -0.321 e. The Morgan fingerprint density at radius 3 is 2.81 bits per heavy atom. The number of halogens is 1. The number of fused-ring (bicyclic) bond motifs is 1. The van der Waals surface area contributed by atoms with Crippen LogP contribution in [0.2, 0.25) is 0 Å². The standard InChI is InChI=1S/C14H13BrN4OS/c1-16-6-9-2-4-10(5-3-9)18-13(20)11-8-19-12(15)7-17-14(19)21-11/h2-5,7-8,16H,6H2,1H3,(H,18,20). The molecular formula is C14H13BrN4OS.